The van der Waals surface area contributed by atoms with Crippen LogP contribution < -0.4 is 33.2 Å². The summed E-state index contributed by atoms with van der Waals surface area (Å²) in [6.45, 7) is 6.18. The Kier molecular flexibility index (Phi) is 12.1. The Bertz CT molecular complexity index is 664. The first-order valence-electron chi connectivity index (χ1n) is 9.90. The Morgan fingerprint density at radius 3 is 1.97 bits per heavy atom. The smallest absolute Gasteiger partial charge is 0.326 e. The van der Waals surface area contributed by atoms with Crippen molar-refractivity contribution < 1.29 is 29.4 Å². The highest BCUT2D eigenvalue weighted by molar-refractivity contribution is 5.94. The lowest BCUT2D eigenvalue weighted by atomic mass is 10.0. The first kappa shape index (κ1) is 28.1. The highest BCUT2D eigenvalue weighted by atomic mass is 16.4. The molecular weight excluding hydrogens is 410 g/mol. The molecule has 11 N–H and O–H groups in total. The number of aliphatic hydroxyl groups excluding tert-OH is 1. The van der Waals surface area contributed by atoms with Crippen LogP contribution in [-0.4, -0.2) is 76.7 Å². The van der Waals surface area contributed by atoms with Gasteiger partial charge in [0.25, 0.3) is 0 Å². The van der Waals surface area contributed by atoms with Gasteiger partial charge in [0, 0.05) is 6.54 Å². The number of aliphatic hydroxyl groups is 1. The third kappa shape index (κ3) is 10.6. The molecule has 31 heavy (non-hydrogen) atoms. The molecule has 0 aliphatic heterocycles. The van der Waals surface area contributed by atoms with Crippen LogP contribution in [0.2, 0.25) is 0 Å². The lowest BCUT2D eigenvalue weighted by Crippen LogP contribution is -2.57. The van der Waals surface area contributed by atoms with Crippen molar-refractivity contribution in [1.82, 2.24) is 16.0 Å². The van der Waals surface area contributed by atoms with Crippen LogP contribution in [0.1, 0.15) is 40.5 Å². The van der Waals surface area contributed by atoms with Crippen LogP contribution in [0.3, 0.4) is 0 Å². The lowest BCUT2D eigenvalue weighted by molar-refractivity contribution is -0.143. The molecule has 0 fully saturated rings. The number of carbonyl (C=O) groups excluding carboxylic acids is 3. The molecule has 178 valence electrons. The van der Waals surface area contributed by atoms with Crippen molar-refractivity contribution in [1.29, 1.82) is 0 Å². The summed E-state index contributed by atoms with van der Waals surface area (Å²) < 4.78 is 0. The van der Waals surface area contributed by atoms with Gasteiger partial charge in [0.15, 0.2) is 5.96 Å². The molecule has 13 heteroatoms. The molecule has 3 amide bonds. The van der Waals surface area contributed by atoms with E-state index in [1.165, 1.54) is 13.8 Å². The fourth-order valence-electron chi connectivity index (χ4n) is 2.43. The molecule has 0 aromatic heterocycles. The second kappa shape index (κ2) is 13.4. The van der Waals surface area contributed by atoms with Gasteiger partial charge < -0.3 is 43.4 Å². The van der Waals surface area contributed by atoms with Gasteiger partial charge in [-0.3, -0.25) is 19.4 Å². The van der Waals surface area contributed by atoms with Crippen LogP contribution in [0.15, 0.2) is 4.99 Å². The zero-order chi connectivity index (χ0) is 24.3. The van der Waals surface area contributed by atoms with Gasteiger partial charge in [0.05, 0.1) is 6.10 Å². The molecule has 0 saturated carbocycles. The van der Waals surface area contributed by atoms with Crippen LogP contribution in [0.4, 0.5) is 0 Å². The quantitative estimate of drug-likeness (QED) is 0.0815. The molecule has 0 spiro atoms. The molecule has 13 nitrogen and oxygen atoms in total. The number of hydrogen-bond donors (Lipinski definition) is 8. The van der Waals surface area contributed by atoms with E-state index in [0.717, 1.165) is 0 Å². The molecule has 0 saturated heterocycles. The summed E-state index contributed by atoms with van der Waals surface area (Å²) in [6, 6.07) is -4.53. The number of aliphatic carboxylic acids is 1. The maximum atomic E-state index is 12.7. The normalized spacial score (nSPS) is 15.7. The maximum Gasteiger partial charge on any atom is 0.326 e. The lowest BCUT2D eigenvalue weighted by Gasteiger charge is -2.25. The standard InChI is InChI=1S/C18H35N7O6/c1-8(2)13(17(30)31)25-15(28)11(6-5-7-22-18(20)21)24-14(27)9(3)23-16(29)12(19)10(4)26/h8-13,26H,5-7,19H2,1-4H3,(H,23,29)(H,24,27)(H,25,28)(H,30,31)(H4,20,21,22). The largest absolute Gasteiger partial charge is 0.480 e. The molecule has 0 aliphatic carbocycles. The molecular formula is C18H35N7O6. The number of carbonyl (C=O) groups is 4. The molecule has 0 aromatic carbocycles. The van der Waals surface area contributed by atoms with Gasteiger partial charge in [-0.1, -0.05) is 13.8 Å². The summed E-state index contributed by atoms with van der Waals surface area (Å²) in [5.74, 6) is -3.84. The summed E-state index contributed by atoms with van der Waals surface area (Å²) in [6.07, 6.45) is -0.677. The number of hydrogen-bond acceptors (Lipinski definition) is 7. The second-order valence-corrected chi connectivity index (χ2v) is 7.58. The number of carboxylic acids is 1. The van der Waals surface area contributed by atoms with Crippen molar-refractivity contribution >= 4 is 29.7 Å². The Hall–Kier alpha value is -2.93. The third-order valence-corrected chi connectivity index (χ3v) is 4.38. The van der Waals surface area contributed by atoms with Crippen LogP contribution in [0, 0.1) is 5.92 Å². The van der Waals surface area contributed by atoms with E-state index < -0.39 is 54.0 Å². The number of nitrogens with one attached hydrogen (secondary N) is 3. The predicted molar refractivity (Wildman–Crippen MR) is 114 cm³/mol. The first-order valence-corrected chi connectivity index (χ1v) is 9.90. The summed E-state index contributed by atoms with van der Waals surface area (Å²) in [5, 5.41) is 25.9. The van der Waals surface area contributed by atoms with Crippen LogP contribution in [0.5, 0.6) is 0 Å². The molecule has 0 aromatic rings. The molecule has 0 rings (SSSR count). The molecule has 0 radical (unpaired) electrons. The van der Waals surface area contributed by atoms with Crippen LogP contribution in [-0.2, 0) is 19.2 Å². The van der Waals surface area contributed by atoms with Gasteiger partial charge in [-0.15, -0.1) is 0 Å². The van der Waals surface area contributed by atoms with Crippen LogP contribution in [0.25, 0.3) is 0 Å². The Morgan fingerprint density at radius 1 is 0.935 bits per heavy atom. The third-order valence-electron chi connectivity index (χ3n) is 4.38. The van der Waals surface area contributed by atoms with E-state index in [0.29, 0.717) is 6.42 Å². The van der Waals surface area contributed by atoms with Crippen molar-refractivity contribution in [2.75, 3.05) is 6.54 Å². The topological polar surface area (TPSA) is 235 Å². The van der Waals surface area contributed by atoms with E-state index in [4.69, 9.17) is 17.2 Å². The predicted octanol–water partition coefficient (Wildman–Crippen LogP) is -3.04. The first-order chi connectivity index (χ1) is 14.3. The number of nitrogens with zero attached hydrogens (tertiary/aromatic N) is 1. The van der Waals surface area contributed by atoms with Crippen molar-refractivity contribution in [3.63, 3.8) is 0 Å². The Labute approximate surface area is 181 Å². The van der Waals surface area contributed by atoms with Crippen LogP contribution >= 0.6 is 0 Å². The van der Waals surface area contributed by atoms with Gasteiger partial charge in [-0.2, -0.15) is 0 Å². The molecule has 5 atom stereocenters. The number of guanidine groups is 1. The van der Waals surface area contributed by atoms with E-state index in [1.807, 2.05) is 0 Å². The Balaban J connectivity index is 5.24. The zero-order valence-electron chi connectivity index (χ0n) is 18.3. The highest BCUT2D eigenvalue weighted by Gasteiger charge is 2.30. The van der Waals surface area contributed by atoms with Crippen molar-refractivity contribution in [3.8, 4) is 0 Å². The molecule has 0 bridgehead atoms. The SMILES string of the molecule is CC(NC(=O)C(N)C(C)O)C(=O)NC(CCCN=C(N)N)C(=O)NC(C(=O)O)C(C)C. The minimum absolute atomic E-state index is 0.118. The van der Waals surface area contributed by atoms with Gasteiger partial charge in [0.2, 0.25) is 17.7 Å². The molecule has 0 aliphatic rings. The Morgan fingerprint density at radius 2 is 1.52 bits per heavy atom. The molecule has 5 unspecified atom stereocenters. The summed E-state index contributed by atoms with van der Waals surface area (Å²) in [5.41, 5.74) is 16.0. The van der Waals surface area contributed by atoms with Crippen molar-refractivity contribution in [2.45, 2.75) is 70.8 Å². The van der Waals surface area contributed by atoms with E-state index in [-0.39, 0.29) is 24.8 Å². The number of amides is 3. The monoisotopic (exact) mass is 445 g/mol. The number of rotatable bonds is 13. The minimum Gasteiger partial charge on any atom is -0.480 e. The fraction of sp³-hybridized carbons (Fsp3) is 0.722. The average molecular weight is 446 g/mol. The van der Waals surface area contributed by atoms with Gasteiger partial charge >= 0.3 is 5.97 Å². The highest BCUT2D eigenvalue weighted by Crippen LogP contribution is 2.05. The molecule has 0 heterocycles. The minimum atomic E-state index is -1.23. The van der Waals surface area contributed by atoms with Gasteiger partial charge in [0.1, 0.15) is 24.2 Å². The average Bonchev–Trinajstić information content (AvgIpc) is 2.66. The zero-order valence-corrected chi connectivity index (χ0v) is 18.3. The number of aliphatic imine (C=N–C) groups is 1. The van der Waals surface area contributed by atoms with E-state index >= 15 is 0 Å². The van der Waals surface area contributed by atoms with Gasteiger partial charge in [-0.05, 0) is 32.6 Å². The number of carboxylic acid groups (broad SMARTS) is 1. The van der Waals surface area contributed by atoms with Gasteiger partial charge in [-0.25, -0.2) is 4.79 Å². The summed E-state index contributed by atoms with van der Waals surface area (Å²) in [7, 11) is 0. The van der Waals surface area contributed by atoms with E-state index in [9.17, 15) is 29.4 Å². The summed E-state index contributed by atoms with van der Waals surface area (Å²) >= 11 is 0. The maximum absolute atomic E-state index is 12.7. The van der Waals surface area contributed by atoms with Crippen molar-refractivity contribution in [3.05, 3.63) is 0 Å². The summed E-state index contributed by atoms with van der Waals surface area (Å²) in [4.78, 5) is 52.3. The second-order valence-electron chi connectivity index (χ2n) is 7.58. The fourth-order valence-corrected chi connectivity index (χ4v) is 2.43. The number of nitrogens with two attached hydrogens (primary N) is 3. The van der Waals surface area contributed by atoms with E-state index in [1.54, 1.807) is 13.8 Å². The van der Waals surface area contributed by atoms with Crippen molar-refractivity contribution in [2.24, 2.45) is 28.1 Å². The van der Waals surface area contributed by atoms with E-state index in [2.05, 4.69) is 20.9 Å².